The Hall–Kier alpha value is 1.05. The van der Waals surface area contributed by atoms with Gasteiger partial charge in [0.15, 0.2) is 0 Å². The van der Waals surface area contributed by atoms with E-state index in [9.17, 15) is 0 Å². The molecule has 0 heterocycles. The van der Waals surface area contributed by atoms with Crippen LogP contribution in [0.4, 0.5) is 0 Å². The number of hydrogen-bond donors (Lipinski definition) is 2. The number of hydrogen-bond acceptors (Lipinski definition) is 3. The lowest BCUT2D eigenvalue weighted by Crippen LogP contribution is -1.93. The molecule has 0 rings (SSSR count). The van der Waals surface area contributed by atoms with E-state index in [0.717, 1.165) is 10.8 Å². The fraction of sp³-hybridized carbons (Fsp3) is 1.00. The van der Waals surface area contributed by atoms with E-state index in [4.69, 9.17) is 0 Å². The van der Waals surface area contributed by atoms with Crippen molar-refractivity contribution in [3.05, 3.63) is 0 Å². The Labute approximate surface area is 60.3 Å². The second-order valence-corrected chi connectivity index (χ2v) is 4.00. The smallest absolute Gasteiger partial charge is 0.0362 e. The van der Waals surface area contributed by atoms with Crippen molar-refractivity contribution in [3.63, 3.8) is 0 Å². The Morgan fingerprint density at radius 1 is 1.71 bits per heavy atom. The van der Waals surface area contributed by atoms with Gasteiger partial charge in [-0.2, -0.15) is 37.0 Å². The molecule has 1 unspecified atom stereocenters. The third-order valence-electron chi connectivity index (χ3n) is 0.450. The summed E-state index contributed by atoms with van der Waals surface area (Å²) in [7, 11) is 0. The predicted octanol–water partition coefficient (Wildman–Crippen LogP) is 1.93. The first-order chi connectivity index (χ1) is 3.27. The van der Waals surface area contributed by atoms with Gasteiger partial charge in [-0.25, -0.2) is 0 Å². The Morgan fingerprint density at radius 3 is 2.43 bits per heavy atom. The molecule has 0 radical (unpaired) electrons. The van der Waals surface area contributed by atoms with Crippen molar-refractivity contribution in [1.29, 1.82) is 0 Å². The normalized spacial score (nSPS) is 14.1. The van der Waals surface area contributed by atoms with Crippen LogP contribution in [-0.2, 0) is 0 Å². The van der Waals surface area contributed by atoms with Gasteiger partial charge in [-0.05, 0) is 0 Å². The van der Waals surface area contributed by atoms with Crippen LogP contribution in [0, 0.1) is 0 Å². The Kier molecular flexibility index (Phi) is 5.97. The molecular weight excluding hydrogens is 144 g/mol. The van der Waals surface area contributed by atoms with Crippen LogP contribution in [0.2, 0.25) is 0 Å². The summed E-state index contributed by atoms with van der Waals surface area (Å²) in [6.07, 6.45) is 0. The third kappa shape index (κ3) is 7.05. The molecule has 0 fully saturated rings. The van der Waals surface area contributed by atoms with Crippen LogP contribution >= 0.6 is 37.0 Å². The van der Waals surface area contributed by atoms with Crippen LogP contribution in [0.5, 0.6) is 0 Å². The summed E-state index contributed by atoms with van der Waals surface area (Å²) in [5.41, 5.74) is 0. The molecule has 0 aromatic rings. The maximum absolute atomic E-state index is 4.18. The van der Waals surface area contributed by atoms with E-state index < -0.39 is 0 Å². The lowest BCUT2D eigenvalue weighted by atomic mass is 10.6. The highest BCUT2D eigenvalue weighted by atomic mass is 32.2. The van der Waals surface area contributed by atoms with Gasteiger partial charge in [-0.3, -0.25) is 0 Å². The standard InChI is InChI=1S/C4H10S3/c1-4(6)2-7-3-5/h4-6H,2-3H2,1H3. The Bertz CT molecular complexity index is 35.9. The van der Waals surface area contributed by atoms with Crippen molar-refractivity contribution in [2.24, 2.45) is 0 Å². The summed E-state index contributed by atoms with van der Waals surface area (Å²) >= 11 is 10.0. The molecule has 0 aliphatic rings. The van der Waals surface area contributed by atoms with E-state index >= 15 is 0 Å². The highest BCUT2D eigenvalue weighted by Crippen LogP contribution is 2.06. The van der Waals surface area contributed by atoms with Crippen LogP contribution in [0.25, 0.3) is 0 Å². The average Bonchev–Trinajstić information content (AvgIpc) is 1.61. The van der Waals surface area contributed by atoms with Crippen molar-refractivity contribution in [2.45, 2.75) is 12.2 Å². The zero-order chi connectivity index (χ0) is 5.70. The van der Waals surface area contributed by atoms with Crippen LogP contribution < -0.4 is 0 Å². The Balaban J connectivity index is 2.68. The van der Waals surface area contributed by atoms with E-state index in [0.29, 0.717) is 5.25 Å². The van der Waals surface area contributed by atoms with Gasteiger partial charge in [0, 0.05) is 16.1 Å². The molecule has 0 nitrogen and oxygen atoms in total. The van der Waals surface area contributed by atoms with E-state index in [1.54, 1.807) is 11.8 Å². The molecule has 0 N–H and O–H groups in total. The Morgan fingerprint density at radius 2 is 2.29 bits per heavy atom. The van der Waals surface area contributed by atoms with Crippen LogP contribution in [-0.4, -0.2) is 16.1 Å². The number of thioether (sulfide) groups is 1. The summed E-state index contributed by atoms with van der Waals surface area (Å²) in [6.45, 7) is 2.08. The molecule has 0 spiro atoms. The van der Waals surface area contributed by atoms with Gasteiger partial charge >= 0.3 is 0 Å². The SMILES string of the molecule is CC(S)CSCS. The van der Waals surface area contributed by atoms with E-state index in [1.807, 2.05) is 0 Å². The van der Waals surface area contributed by atoms with Gasteiger partial charge in [0.25, 0.3) is 0 Å². The van der Waals surface area contributed by atoms with Gasteiger partial charge in [0.2, 0.25) is 0 Å². The molecule has 0 bridgehead atoms. The van der Waals surface area contributed by atoms with Crippen LogP contribution in [0.3, 0.4) is 0 Å². The summed E-state index contributed by atoms with van der Waals surface area (Å²) < 4.78 is 0. The van der Waals surface area contributed by atoms with Gasteiger partial charge in [0.05, 0.1) is 0 Å². The van der Waals surface area contributed by atoms with Crippen LogP contribution in [0.15, 0.2) is 0 Å². The van der Waals surface area contributed by atoms with E-state index in [2.05, 4.69) is 32.2 Å². The minimum absolute atomic E-state index is 0.511. The summed E-state index contributed by atoms with van der Waals surface area (Å²) in [6, 6.07) is 0. The monoisotopic (exact) mass is 154 g/mol. The zero-order valence-corrected chi connectivity index (χ0v) is 6.90. The lowest BCUT2D eigenvalue weighted by molar-refractivity contribution is 1.14. The largest absolute Gasteiger partial charge is 0.175 e. The predicted molar refractivity (Wildman–Crippen MR) is 44.8 cm³/mol. The minimum atomic E-state index is 0.511. The number of rotatable bonds is 3. The molecule has 0 aromatic heterocycles. The highest BCUT2D eigenvalue weighted by molar-refractivity contribution is 8.09. The molecule has 1 atom stereocenters. The van der Waals surface area contributed by atoms with Gasteiger partial charge in [0.1, 0.15) is 0 Å². The summed E-state index contributed by atoms with van der Waals surface area (Å²) in [5, 5.41) is 1.42. The minimum Gasteiger partial charge on any atom is -0.175 e. The summed E-state index contributed by atoms with van der Waals surface area (Å²) in [4.78, 5) is 0. The van der Waals surface area contributed by atoms with Crippen molar-refractivity contribution < 1.29 is 0 Å². The first-order valence-electron chi connectivity index (χ1n) is 2.14. The molecular formula is C4H10S3. The van der Waals surface area contributed by atoms with Crippen molar-refractivity contribution in [1.82, 2.24) is 0 Å². The maximum atomic E-state index is 4.18. The lowest BCUT2D eigenvalue weighted by Gasteiger charge is -1.97. The fourth-order valence-corrected chi connectivity index (χ4v) is 1.30. The quantitative estimate of drug-likeness (QED) is 0.463. The second-order valence-electron chi connectivity index (χ2n) is 1.35. The second kappa shape index (κ2) is 5.19. The maximum Gasteiger partial charge on any atom is 0.0362 e. The number of thiol groups is 2. The molecule has 0 amide bonds. The average molecular weight is 154 g/mol. The molecule has 0 aromatic carbocycles. The molecule has 0 aliphatic carbocycles. The molecule has 0 saturated heterocycles. The first-order valence-corrected chi connectivity index (χ1v) is 4.44. The van der Waals surface area contributed by atoms with Crippen molar-refractivity contribution >= 4 is 37.0 Å². The topological polar surface area (TPSA) is 0 Å². The molecule has 3 heteroatoms. The first kappa shape index (κ1) is 8.05. The van der Waals surface area contributed by atoms with E-state index in [-0.39, 0.29) is 0 Å². The molecule has 0 aliphatic heterocycles. The van der Waals surface area contributed by atoms with Crippen molar-refractivity contribution in [3.8, 4) is 0 Å². The van der Waals surface area contributed by atoms with Crippen LogP contribution in [0.1, 0.15) is 6.92 Å². The molecule has 0 saturated carbocycles. The fourth-order valence-electron chi connectivity index (χ4n) is 0.223. The van der Waals surface area contributed by atoms with Gasteiger partial charge in [-0.1, -0.05) is 6.92 Å². The molecule has 44 valence electrons. The summed E-state index contributed by atoms with van der Waals surface area (Å²) in [5.74, 6) is 1.10. The van der Waals surface area contributed by atoms with Gasteiger partial charge in [-0.15, -0.1) is 0 Å². The molecule has 7 heavy (non-hydrogen) atoms. The van der Waals surface area contributed by atoms with Gasteiger partial charge < -0.3 is 0 Å². The zero-order valence-electron chi connectivity index (χ0n) is 4.29. The van der Waals surface area contributed by atoms with E-state index in [1.165, 1.54) is 0 Å². The van der Waals surface area contributed by atoms with Crippen molar-refractivity contribution in [2.75, 3.05) is 10.8 Å². The highest BCUT2D eigenvalue weighted by Gasteiger charge is 1.90. The third-order valence-corrected chi connectivity index (χ3v) is 2.35.